The molecular weight excluding hydrogens is 546 g/mol. The highest BCUT2D eigenvalue weighted by atomic mass is 16.7. The summed E-state index contributed by atoms with van der Waals surface area (Å²) in [5.41, 5.74) is 4.74. The van der Waals surface area contributed by atoms with Gasteiger partial charge in [0.2, 0.25) is 0 Å². The van der Waals surface area contributed by atoms with Crippen molar-refractivity contribution in [2.45, 2.75) is 51.8 Å². The third kappa shape index (κ3) is 4.66. The number of nitrogens with one attached hydrogen (secondary N) is 1. The summed E-state index contributed by atoms with van der Waals surface area (Å²) in [6.07, 6.45) is 8.70. The van der Waals surface area contributed by atoms with Crippen molar-refractivity contribution in [2.75, 3.05) is 20.3 Å². The highest BCUT2D eigenvalue weighted by Gasteiger charge is 2.60. The summed E-state index contributed by atoms with van der Waals surface area (Å²) in [4.78, 5) is 50.3. The van der Waals surface area contributed by atoms with Gasteiger partial charge in [0.15, 0.2) is 0 Å². The number of aromatic nitrogens is 1. The molecule has 6 unspecified atom stereocenters. The van der Waals surface area contributed by atoms with Gasteiger partial charge in [-0.25, -0.2) is 4.79 Å². The number of benzene rings is 2. The van der Waals surface area contributed by atoms with Crippen molar-refractivity contribution in [1.82, 2.24) is 14.9 Å². The quantitative estimate of drug-likeness (QED) is 0.291. The van der Waals surface area contributed by atoms with Gasteiger partial charge in [0.25, 0.3) is 11.8 Å². The van der Waals surface area contributed by atoms with Crippen LogP contribution >= 0.6 is 0 Å². The molecule has 0 radical (unpaired) electrons. The summed E-state index contributed by atoms with van der Waals surface area (Å²) in [7, 11) is 1.71. The zero-order valence-electron chi connectivity index (χ0n) is 24.7. The van der Waals surface area contributed by atoms with Gasteiger partial charge < -0.3 is 19.3 Å². The van der Waals surface area contributed by atoms with Crippen molar-refractivity contribution in [2.24, 2.45) is 23.7 Å². The molecule has 1 aromatic heterocycles. The van der Waals surface area contributed by atoms with Gasteiger partial charge in [-0.1, -0.05) is 24.3 Å². The molecule has 2 amide bonds. The number of fused-ring (bicyclic) bond motifs is 6. The lowest BCUT2D eigenvalue weighted by atomic mass is 9.85. The lowest BCUT2D eigenvalue weighted by molar-refractivity contribution is -0.175. The Bertz CT molecular complexity index is 1580. The average molecular weight is 584 g/mol. The molecule has 43 heavy (non-hydrogen) atoms. The number of carbonyl (C=O) groups is 3. The summed E-state index contributed by atoms with van der Waals surface area (Å²) in [6.45, 7) is 6.30. The number of aryl methyl sites for hydroxylation is 1. The minimum atomic E-state index is -0.708. The van der Waals surface area contributed by atoms with Gasteiger partial charge in [0.05, 0.1) is 30.6 Å². The number of carbonyl (C=O) groups excluding carboxylic acids is 3. The van der Waals surface area contributed by atoms with Crippen molar-refractivity contribution in [3.63, 3.8) is 0 Å². The minimum absolute atomic E-state index is 0.0551. The topological polar surface area (TPSA) is 101 Å². The standard InChI is InChI=1S/C34H37N3O6/c1-4-42-24-12-14-36(18-26-25-11-13-35-31(25)19(2)15-28(26)41-3)27(17-24)20-5-7-21(8-6-20)34(40)43-37-32(38)29-22-9-10-23(16-22)30(29)33(37)39/h5-11,13,15,22-24,27,29-30,35H,4,12,14,16-18H2,1-3H3. The number of likely N-dealkylation sites (tertiary alicyclic amines) is 1. The van der Waals surface area contributed by atoms with E-state index in [9.17, 15) is 14.4 Å². The molecule has 3 aromatic rings. The predicted octanol–water partition coefficient (Wildman–Crippen LogP) is 5.11. The maximum absolute atomic E-state index is 13.1. The van der Waals surface area contributed by atoms with E-state index in [1.807, 2.05) is 37.4 Å². The molecule has 2 aliphatic carbocycles. The van der Waals surface area contributed by atoms with E-state index < -0.39 is 29.6 Å². The first-order valence-corrected chi connectivity index (χ1v) is 15.3. The number of piperidine rings is 1. The van der Waals surface area contributed by atoms with Crippen LogP contribution in [0.2, 0.25) is 0 Å². The zero-order valence-corrected chi connectivity index (χ0v) is 24.7. The maximum atomic E-state index is 13.1. The molecular formula is C34H37N3O6. The Hall–Kier alpha value is -3.95. The van der Waals surface area contributed by atoms with Crippen LogP contribution < -0.4 is 4.74 Å². The number of hydrogen-bond donors (Lipinski definition) is 1. The largest absolute Gasteiger partial charge is 0.496 e. The van der Waals surface area contributed by atoms with Crippen molar-refractivity contribution in [1.29, 1.82) is 0 Å². The Morgan fingerprint density at radius 2 is 1.74 bits per heavy atom. The van der Waals surface area contributed by atoms with Gasteiger partial charge >= 0.3 is 5.97 Å². The van der Waals surface area contributed by atoms with Crippen LogP contribution in [0.3, 0.4) is 0 Å². The molecule has 0 spiro atoms. The second-order valence-electron chi connectivity index (χ2n) is 12.2. The molecule has 6 atom stereocenters. The number of methoxy groups -OCH3 is 1. The van der Waals surface area contributed by atoms with Crippen LogP contribution in [0.5, 0.6) is 5.75 Å². The van der Waals surface area contributed by atoms with Crippen LogP contribution in [0.4, 0.5) is 0 Å². The molecule has 1 saturated carbocycles. The number of imide groups is 1. The van der Waals surface area contributed by atoms with Crippen molar-refractivity contribution in [3.8, 4) is 5.75 Å². The van der Waals surface area contributed by atoms with Gasteiger partial charge in [-0.05, 0) is 80.3 Å². The Kier molecular flexibility index (Phi) is 7.10. The fraction of sp³-hybridized carbons (Fsp3) is 0.441. The summed E-state index contributed by atoms with van der Waals surface area (Å²) < 4.78 is 11.9. The highest BCUT2D eigenvalue weighted by Crippen LogP contribution is 2.52. The second-order valence-corrected chi connectivity index (χ2v) is 12.2. The number of aromatic amines is 1. The van der Waals surface area contributed by atoms with Crippen LogP contribution in [0.1, 0.15) is 59.3 Å². The van der Waals surface area contributed by atoms with Gasteiger partial charge in [-0.3, -0.25) is 14.5 Å². The Morgan fingerprint density at radius 3 is 2.42 bits per heavy atom. The molecule has 224 valence electrons. The van der Waals surface area contributed by atoms with Crippen molar-refractivity contribution in [3.05, 3.63) is 77.0 Å². The zero-order chi connectivity index (χ0) is 29.8. The first-order chi connectivity index (χ1) is 20.9. The lowest BCUT2D eigenvalue weighted by Gasteiger charge is -2.40. The van der Waals surface area contributed by atoms with Gasteiger partial charge in [0.1, 0.15) is 5.75 Å². The van der Waals surface area contributed by atoms with E-state index in [0.29, 0.717) is 23.8 Å². The van der Waals surface area contributed by atoms with E-state index in [2.05, 4.69) is 28.9 Å². The van der Waals surface area contributed by atoms with Crippen molar-refractivity contribution >= 4 is 28.7 Å². The summed E-state index contributed by atoms with van der Waals surface area (Å²) >= 11 is 0. The number of ether oxygens (including phenoxy) is 2. The number of hydrogen-bond acceptors (Lipinski definition) is 7. The molecule has 3 fully saturated rings. The molecule has 4 aliphatic rings. The van der Waals surface area contributed by atoms with Crippen LogP contribution in [-0.2, 0) is 25.7 Å². The number of nitrogens with zero attached hydrogens (tertiary/aromatic N) is 2. The number of allylic oxidation sites excluding steroid dienone is 2. The molecule has 2 bridgehead atoms. The second kappa shape index (κ2) is 11.0. The number of hydroxylamine groups is 2. The number of H-pyrrole nitrogens is 1. The van der Waals surface area contributed by atoms with Crippen molar-refractivity contribution < 1.29 is 28.7 Å². The normalized spacial score (nSPS) is 28.2. The lowest BCUT2D eigenvalue weighted by Crippen LogP contribution is -2.39. The molecule has 1 N–H and O–H groups in total. The molecule has 2 saturated heterocycles. The molecule has 3 heterocycles. The van der Waals surface area contributed by atoms with Crippen LogP contribution in [0.15, 0.2) is 54.7 Å². The minimum Gasteiger partial charge on any atom is -0.496 e. The monoisotopic (exact) mass is 583 g/mol. The molecule has 2 aliphatic heterocycles. The fourth-order valence-corrected chi connectivity index (χ4v) is 7.83. The number of amides is 2. The van der Waals surface area contributed by atoms with E-state index in [-0.39, 0.29) is 24.0 Å². The Morgan fingerprint density at radius 1 is 1.02 bits per heavy atom. The van der Waals surface area contributed by atoms with Gasteiger partial charge in [-0.2, -0.15) is 0 Å². The third-order valence-corrected chi connectivity index (χ3v) is 9.90. The van der Waals surface area contributed by atoms with E-state index in [1.54, 1.807) is 19.2 Å². The summed E-state index contributed by atoms with van der Waals surface area (Å²) in [6, 6.07) is 11.6. The highest BCUT2D eigenvalue weighted by molar-refractivity contribution is 6.06. The smallest absolute Gasteiger partial charge is 0.363 e. The molecule has 9 heteroatoms. The van der Waals surface area contributed by atoms with Gasteiger partial charge in [-0.15, -0.1) is 5.06 Å². The van der Waals surface area contributed by atoms with E-state index in [4.69, 9.17) is 14.3 Å². The third-order valence-electron chi connectivity index (χ3n) is 9.90. The average Bonchev–Trinajstić information content (AvgIpc) is 3.81. The van der Waals surface area contributed by atoms with E-state index in [1.165, 1.54) is 0 Å². The van der Waals surface area contributed by atoms with Crippen LogP contribution in [-0.4, -0.2) is 59.1 Å². The van der Waals surface area contributed by atoms with Crippen LogP contribution in [0.25, 0.3) is 10.9 Å². The Balaban J connectivity index is 1.11. The Labute approximate surface area is 250 Å². The van der Waals surface area contributed by atoms with E-state index in [0.717, 1.165) is 59.2 Å². The number of rotatable bonds is 8. The van der Waals surface area contributed by atoms with Crippen LogP contribution in [0, 0.1) is 30.6 Å². The molecule has 2 aromatic carbocycles. The summed E-state index contributed by atoms with van der Waals surface area (Å²) in [5.74, 6) is -1.35. The summed E-state index contributed by atoms with van der Waals surface area (Å²) in [5, 5.41) is 1.86. The van der Waals surface area contributed by atoms with Gasteiger partial charge in [0, 0.05) is 48.4 Å². The first-order valence-electron chi connectivity index (χ1n) is 15.3. The first kappa shape index (κ1) is 27.9. The fourth-order valence-electron chi connectivity index (χ4n) is 7.83. The van der Waals surface area contributed by atoms with E-state index >= 15 is 0 Å². The predicted molar refractivity (Wildman–Crippen MR) is 159 cm³/mol. The molecule has 7 rings (SSSR count). The maximum Gasteiger partial charge on any atom is 0.363 e. The SMILES string of the molecule is CCOC1CCN(Cc2c(OC)cc(C)c3[nH]ccc23)C(c2ccc(C(=O)ON3C(=O)C4C5C=CC(C5)C4C3=O)cc2)C1. The molecule has 9 nitrogen and oxygen atoms in total.